The van der Waals surface area contributed by atoms with Crippen molar-refractivity contribution < 1.29 is 4.79 Å². The molecule has 0 saturated heterocycles. The SMILES string of the molecule is ClCCl.NC(=O)C(Br)C1CC1. The summed E-state index contributed by atoms with van der Waals surface area (Å²) in [5.41, 5.74) is 4.99. The van der Waals surface area contributed by atoms with Crippen molar-refractivity contribution in [2.24, 2.45) is 11.7 Å². The minimum atomic E-state index is -0.229. The average Bonchev–Trinajstić information content (AvgIpc) is 2.69. The molecule has 1 saturated carbocycles. The maximum absolute atomic E-state index is 10.4. The van der Waals surface area contributed by atoms with E-state index < -0.39 is 0 Å². The maximum Gasteiger partial charge on any atom is 0.231 e. The monoisotopic (exact) mass is 261 g/mol. The van der Waals surface area contributed by atoms with Crippen molar-refractivity contribution >= 4 is 45.0 Å². The molecular weight excluding hydrogens is 253 g/mol. The Morgan fingerprint density at radius 1 is 1.64 bits per heavy atom. The van der Waals surface area contributed by atoms with Gasteiger partial charge in [0.1, 0.15) is 0 Å². The van der Waals surface area contributed by atoms with Gasteiger partial charge in [0, 0.05) is 0 Å². The van der Waals surface area contributed by atoms with E-state index in [-0.39, 0.29) is 16.1 Å². The van der Waals surface area contributed by atoms with Crippen LogP contribution in [0.5, 0.6) is 0 Å². The standard InChI is InChI=1S/C5H8BrNO.CH2Cl2/c6-4(5(7)8)3-1-2-3;2-1-3/h3-4H,1-2H2,(H2,7,8);1H2. The van der Waals surface area contributed by atoms with E-state index >= 15 is 0 Å². The van der Waals surface area contributed by atoms with Gasteiger partial charge in [0.05, 0.1) is 10.2 Å². The zero-order valence-electron chi connectivity index (χ0n) is 5.90. The van der Waals surface area contributed by atoms with Gasteiger partial charge in [-0.15, -0.1) is 23.2 Å². The van der Waals surface area contributed by atoms with E-state index in [0.29, 0.717) is 5.92 Å². The van der Waals surface area contributed by atoms with E-state index in [4.69, 9.17) is 28.9 Å². The molecule has 66 valence electrons. The summed E-state index contributed by atoms with van der Waals surface area (Å²) in [6.45, 7) is 0. The Morgan fingerprint density at radius 2 is 2.00 bits per heavy atom. The van der Waals surface area contributed by atoms with Gasteiger partial charge < -0.3 is 5.73 Å². The molecule has 5 heteroatoms. The third-order valence-electron chi connectivity index (χ3n) is 1.31. The van der Waals surface area contributed by atoms with E-state index in [2.05, 4.69) is 15.9 Å². The molecule has 0 aromatic heterocycles. The molecule has 1 fully saturated rings. The molecule has 0 heterocycles. The summed E-state index contributed by atoms with van der Waals surface area (Å²) in [6.07, 6.45) is 2.30. The van der Waals surface area contributed by atoms with Crippen LogP contribution >= 0.6 is 39.1 Å². The number of primary amides is 1. The highest BCUT2D eigenvalue weighted by Gasteiger charge is 2.32. The van der Waals surface area contributed by atoms with E-state index in [1.165, 1.54) is 0 Å². The maximum atomic E-state index is 10.4. The number of halogens is 3. The summed E-state index contributed by atoms with van der Waals surface area (Å²) >= 11 is 12.7. The fourth-order valence-electron chi connectivity index (χ4n) is 0.621. The van der Waals surface area contributed by atoms with Crippen LogP contribution in [0.25, 0.3) is 0 Å². The van der Waals surface area contributed by atoms with E-state index in [1.807, 2.05) is 0 Å². The van der Waals surface area contributed by atoms with Crippen molar-refractivity contribution in [2.45, 2.75) is 17.7 Å². The summed E-state index contributed by atoms with van der Waals surface area (Å²) < 4.78 is 0. The second-order valence-corrected chi connectivity index (χ2v) is 4.04. The van der Waals surface area contributed by atoms with Crippen LogP contribution in [-0.2, 0) is 4.79 Å². The Bertz CT molecular complexity index is 130. The highest BCUT2D eigenvalue weighted by atomic mass is 79.9. The van der Waals surface area contributed by atoms with E-state index in [1.54, 1.807) is 0 Å². The number of alkyl halides is 3. The summed E-state index contributed by atoms with van der Waals surface area (Å²) in [7, 11) is 0. The molecule has 0 aromatic rings. The molecular formula is C6H10BrCl2NO. The largest absolute Gasteiger partial charge is 0.369 e. The highest BCUT2D eigenvalue weighted by molar-refractivity contribution is 9.10. The van der Waals surface area contributed by atoms with Crippen molar-refractivity contribution in [2.75, 3.05) is 5.34 Å². The average molecular weight is 263 g/mol. The van der Waals surface area contributed by atoms with Crippen molar-refractivity contribution in [1.29, 1.82) is 0 Å². The van der Waals surface area contributed by atoms with Gasteiger partial charge in [0.2, 0.25) is 5.91 Å². The molecule has 0 aromatic carbocycles. The zero-order valence-corrected chi connectivity index (χ0v) is 8.99. The van der Waals surface area contributed by atoms with Gasteiger partial charge in [-0.05, 0) is 18.8 Å². The number of amides is 1. The van der Waals surface area contributed by atoms with Crippen LogP contribution in [0.2, 0.25) is 0 Å². The number of nitrogens with two attached hydrogens (primary N) is 1. The first-order chi connectivity index (χ1) is 5.13. The minimum absolute atomic E-state index is 0.0671. The molecule has 0 radical (unpaired) electrons. The predicted octanol–water partition coefficient (Wildman–Crippen LogP) is 2.07. The van der Waals surface area contributed by atoms with Crippen LogP contribution in [0.1, 0.15) is 12.8 Å². The Morgan fingerprint density at radius 3 is 2.09 bits per heavy atom. The Hall–Kier alpha value is 0.530. The first-order valence-electron chi connectivity index (χ1n) is 3.18. The van der Waals surface area contributed by atoms with Crippen LogP contribution in [0.3, 0.4) is 0 Å². The quantitative estimate of drug-likeness (QED) is 0.761. The molecule has 11 heavy (non-hydrogen) atoms. The molecule has 1 aliphatic rings. The lowest BCUT2D eigenvalue weighted by molar-refractivity contribution is -0.117. The van der Waals surface area contributed by atoms with Gasteiger partial charge in [0.15, 0.2) is 0 Å². The molecule has 2 nitrogen and oxygen atoms in total. The number of hydrogen-bond donors (Lipinski definition) is 1. The smallest absolute Gasteiger partial charge is 0.231 e. The lowest BCUT2D eigenvalue weighted by Crippen LogP contribution is -2.24. The van der Waals surface area contributed by atoms with Gasteiger partial charge in [-0.1, -0.05) is 15.9 Å². The molecule has 1 amide bonds. The minimum Gasteiger partial charge on any atom is -0.369 e. The van der Waals surface area contributed by atoms with Gasteiger partial charge >= 0.3 is 0 Å². The molecule has 1 atom stereocenters. The molecule has 2 N–H and O–H groups in total. The lowest BCUT2D eigenvalue weighted by Gasteiger charge is -1.98. The Labute approximate surface area is 84.5 Å². The molecule has 1 aliphatic carbocycles. The molecule has 0 aliphatic heterocycles. The molecule has 0 spiro atoms. The first-order valence-corrected chi connectivity index (χ1v) is 5.17. The van der Waals surface area contributed by atoms with Crippen molar-refractivity contribution in [3.8, 4) is 0 Å². The van der Waals surface area contributed by atoms with Gasteiger partial charge in [-0.3, -0.25) is 4.79 Å². The van der Waals surface area contributed by atoms with Crippen LogP contribution in [-0.4, -0.2) is 16.1 Å². The number of carbonyl (C=O) groups is 1. The number of carbonyl (C=O) groups excluding carboxylic acids is 1. The van der Waals surface area contributed by atoms with Crippen LogP contribution < -0.4 is 5.73 Å². The lowest BCUT2D eigenvalue weighted by atomic mass is 10.3. The van der Waals surface area contributed by atoms with Crippen LogP contribution in [0, 0.1) is 5.92 Å². The van der Waals surface area contributed by atoms with Gasteiger partial charge in [-0.2, -0.15) is 0 Å². The van der Waals surface area contributed by atoms with Crippen LogP contribution in [0.15, 0.2) is 0 Å². The third kappa shape index (κ3) is 5.76. The van der Waals surface area contributed by atoms with Crippen molar-refractivity contribution in [3.05, 3.63) is 0 Å². The van der Waals surface area contributed by atoms with Crippen molar-refractivity contribution in [3.63, 3.8) is 0 Å². The highest BCUT2D eigenvalue weighted by Crippen LogP contribution is 2.36. The van der Waals surface area contributed by atoms with Crippen molar-refractivity contribution in [1.82, 2.24) is 0 Å². The Balaban J connectivity index is 0.000000292. The van der Waals surface area contributed by atoms with Crippen LogP contribution in [0.4, 0.5) is 0 Å². The van der Waals surface area contributed by atoms with E-state index in [9.17, 15) is 4.79 Å². The fraction of sp³-hybridized carbons (Fsp3) is 0.833. The van der Waals surface area contributed by atoms with Gasteiger partial charge in [0.25, 0.3) is 0 Å². The first kappa shape index (κ1) is 11.5. The summed E-state index contributed by atoms with van der Waals surface area (Å²) in [5.74, 6) is 0.306. The molecule has 0 bridgehead atoms. The van der Waals surface area contributed by atoms with Gasteiger partial charge in [-0.25, -0.2) is 0 Å². The normalized spacial score (nSPS) is 18.1. The molecule has 1 rings (SSSR count). The summed E-state index contributed by atoms with van der Waals surface area (Å²) in [6, 6.07) is 0. The zero-order chi connectivity index (χ0) is 8.85. The summed E-state index contributed by atoms with van der Waals surface area (Å²) in [5, 5.41) is 0.194. The number of hydrogen-bond acceptors (Lipinski definition) is 1. The second kappa shape index (κ2) is 6.09. The third-order valence-corrected chi connectivity index (χ3v) is 2.51. The van der Waals surface area contributed by atoms with E-state index in [0.717, 1.165) is 12.8 Å². The topological polar surface area (TPSA) is 43.1 Å². The second-order valence-electron chi connectivity index (χ2n) is 2.24. The Kier molecular flexibility index (Phi) is 6.38. The summed E-state index contributed by atoms with van der Waals surface area (Å²) in [4.78, 5) is 10.3. The fourth-order valence-corrected chi connectivity index (χ4v) is 1.15. The number of rotatable bonds is 2. The molecule has 1 unspecified atom stereocenters. The predicted molar refractivity (Wildman–Crippen MR) is 51.2 cm³/mol.